The summed E-state index contributed by atoms with van der Waals surface area (Å²) in [5.41, 5.74) is 0. The van der Waals surface area contributed by atoms with Crippen LogP contribution in [0.4, 0.5) is 0 Å². The van der Waals surface area contributed by atoms with Crippen LogP contribution in [0.15, 0.2) is 0 Å². The maximum atomic E-state index is 2.80. The molecule has 2 unspecified atom stereocenters. The number of fused-ring (bicyclic) bond motifs is 1. The zero-order chi connectivity index (χ0) is 13.1. The fraction of sp³-hybridized carbons (Fsp3) is 1.00. The van der Waals surface area contributed by atoms with E-state index in [1.807, 2.05) is 0 Å². The molecule has 3 aliphatic rings. The molecule has 0 saturated carbocycles. The van der Waals surface area contributed by atoms with Crippen molar-refractivity contribution in [1.29, 1.82) is 0 Å². The van der Waals surface area contributed by atoms with Gasteiger partial charge in [0.25, 0.3) is 0 Å². The highest BCUT2D eigenvalue weighted by atomic mass is 32.2. The third-order valence-electron chi connectivity index (χ3n) is 5.18. The van der Waals surface area contributed by atoms with E-state index in [9.17, 15) is 0 Å². The molecule has 0 aromatic rings. The van der Waals surface area contributed by atoms with E-state index in [1.165, 1.54) is 76.6 Å². The number of thioether (sulfide) groups is 1. The zero-order valence-electron chi connectivity index (χ0n) is 12.4. The lowest BCUT2D eigenvalue weighted by molar-refractivity contribution is 0.0427. The number of hydrogen-bond acceptors (Lipinski definition) is 4. The van der Waals surface area contributed by atoms with Gasteiger partial charge in [-0.25, -0.2) is 0 Å². The van der Waals surface area contributed by atoms with E-state index in [1.54, 1.807) is 0 Å². The molecule has 19 heavy (non-hydrogen) atoms. The van der Waals surface area contributed by atoms with Gasteiger partial charge in [-0.1, -0.05) is 6.92 Å². The van der Waals surface area contributed by atoms with Crippen molar-refractivity contribution in [2.45, 2.75) is 38.3 Å². The maximum absolute atomic E-state index is 2.80. The van der Waals surface area contributed by atoms with Crippen LogP contribution in [0.1, 0.15) is 26.2 Å². The Morgan fingerprint density at radius 1 is 1.05 bits per heavy atom. The summed E-state index contributed by atoms with van der Waals surface area (Å²) in [4.78, 5) is 8.22. The molecule has 3 heterocycles. The van der Waals surface area contributed by atoms with Gasteiger partial charge in [-0.05, 0) is 25.8 Å². The van der Waals surface area contributed by atoms with Crippen molar-refractivity contribution in [3.63, 3.8) is 0 Å². The van der Waals surface area contributed by atoms with E-state index < -0.39 is 0 Å². The van der Waals surface area contributed by atoms with Gasteiger partial charge in [0.1, 0.15) is 0 Å². The Balaban J connectivity index is 1.50. The average molecular weight is 283 g/mol. The van der Waals surface area contributed by atoms with Crippen LogP contribution in [-0.2, 0) is 0 Å². The minimum absolute atomic E-state index is 0.813. The van der Waals surface area contributed by atoms with E-state index >= 15 is 0 Å². The van der Waals surface area contributed by atoms with E-state index in [4.69, 9.17) is 0 Å². The lowest BCUT2D eigenvalue weighted by Crippen LogP contribution is -2.57. The molecule has 0 aromatic heterocycles. The normalized spacial score (nSPS) is 34.6. The molecule has 3 rings (SSSR count). The molecular weight excluding hydrogens is 254 g/mol. The highest BCUT2D eigenvalue weighted by Gasteiger charge is 2.35. The second kappa shape index (κ2) is 6.79. The molecule has 0 N–H and O–H groups in total. The van der Waals surface area contributed by atoms with Crippen molar-refractivity contribution in [1.82, 2.24) is 14.7 Å². The predicted octanol–water partition coefficient (Wildman–Crippen LogP) is 1.59. The van der Waals surface area contributed by atoms with Crippen molar-refractivity contribution in [2.24, 2.45) is 0 Å². The summed E-state index contributed by atoms with van der Waals surface area (Å²) in [7, 11) is 0. The highest BCUT2D eigenvalue weighted by Crippen LogP contribution is 2.25. The molecular formula is C15H29N3S. The molecule has 2 atom stereocenters. The SMILES string of the molecule is CCC1CN2CCCC2CN1CCN1CCSCC1. The van der Waals surface area contributed by atoms with Crippen LogP contribution in [0.5, 0.6) is 0 Å². The third-order valence-corrected chi connectivity index (χ3v) is 6.13. The van der Waals surface area contributed by atoms with Crippen LogP contribution in [0.3, 0.4) is 0 Å². The van der Waals surface area contributed by atoms with Crippen LogP contribution in [0, 0.1) is 0 Å². The summed E-state index contributed by atoms with van der Waals surface area (Å²) in [5, 5.41) is 0. The minimum atomic E-state index is 0.813. The monoisotopic (exact) mass is 283 g/mol. The molecule has 3 fully saturated rings. The first-order chi connectivity index (χ1) is 9.36. The topological polar surface area (TPSA) is 9.72 Å². The van der Waals surface area contributed by atoms with Crippen molar-refractivity contribution in [2.75, 3.05) is 57.3 Å². The highest BCUT2D eigenvalue weighted by molar-refractivity contribution is 7.99. The number of rotatable bonds is 4. The summed E-state index contributed by atoms with van der Waals surface area (Å²) in [6.07, 6.45) is 4.19. The molecule has 3 saturated heterocycles. The quantitative estimate of drug-likeness (QED) is 0.775. The van der Waals surface area contributed by atoms with Crippen LogP contribution >= 0.6 is 11.8 Å². The first-order valence-corrected chi connectivity index (χ1v) is 9.30. The largest absolute Gasteiger partial charge is 0.300 e. The Bertz CT molecular complexity index is 281. The molecule has 3 aliphatic heterocycles. The van der Waals surface area contributed by atoms with E-state index in [0.717, 1.165) is 12.1 Å². The molecule has 0 amide bonds. The first-order valence-electron chi connectivity index (χ1n) is 8.15. The van der Waals surface area contributed by atoms with Crippen LogP contribution < -0.4 is 0 Å². The Morgan fingerprint density at radius 3 is 2.68 bits per heavy atom. The number of nitrogens with zero attached hydrogens (tertiary/aromatic N) is 3. The summed E-state index contributed by atoms with van der Waals surface area (Å²) in [6, 6.07) is 1.69. The van der Waals surface area contributed by atoms with Gasteiger partial charge in [-0.2, -0.15) is 11.8 Å². The van der Waals surface area contributed by atoms with Gasteiger partial charge in [0.2, 0.25) is 0 Å². The smallest absolute Gasteiger partial charge is 0.0224 e. The predicted molar refractivity (Wildman–Crippen MR) is 84.0 cm³/mol. The molecule has 110 valence electrons. The maximum Gasteiger partial charge on any atom is 0.0224 e. The second-order valence-corrected chi connectivity index (χ2v) is 7.53. The molecule has 0 radical (unpaired) electrons. The Hall–Kier alpha value is 0.230. The van der Waals surface area contributed by atoms with Gasteiger partial charge in [-0.3, -0.25) is 9.80 Å². The lowest BCUT2D eigenvalue weighted by atomic mass is 10.1. The summed E-state index contributed by atoms with van der Waals surface area (Å²) in [5.74, 6) is 2.68. The lowest BCUT2D eigenvalue weighted by Gasteiger charge is -2.44. The van der Waals surface area contributed by atoms with E-state index in [0.29, 0.717) is 0 Å². The third kappa shape index (κ3) is 3.46. The van der Waals surface area contributed by atoms with E-state index in [-0.39, 0.29) is 0 Å². The fourth-order valence-corrected chi connectivity index (χ4v) is 4.88. The fourth-order valence-electron chi connectivity index (χ4n) is 3.90. The first kappa shape index (κ1) is 14.2. The number of piperazine rings is 1. The molecule has 4 heteroatoms. The molecule has 0 spiro atoms. The molecule has 0 bridgehead atoms. The summed E-state index contributed by atoms with van der Waals surface area (Å²) >= 11 is 2.12. The molecule has 0 aliphatic carbocycles. The minimum Gasteiger partial charge on any atom is -0.300 e. The van der Waals surface area contributed by atoms with Crippen molar-refractivity contribution >= 4 is 11.8 Å². The summed E-state index contributed by atoms with van der Waals surface area (Å²) < 4.78 is 0. The number of hydrogen-bond donors (Lipinski definition) is 0. The molecule has 0 aromatic carbocycles. The van der Waals surface area contributed by atoms with Gasteiger partial charge in [0, 0.05) is 62.9 Å². The van der Waals surface area contributed by atoms with E-state index in [2.05, 4.69) is 33.4 Å². The van der Waals surface area contributed by atoms with Gasteiger partial charge in [-0.15, -0.1) is 0 Å². The second-order valence-electron chi connectivity index (χ2n) is 6.30. The summed E-state index contributed by atoms with van der Waals surface area (Å²) in [6.45, 7) is 11.6. The standard InChI is InChI=1S/C15H29N3S/c1-2-14-12-17-5-3-4-15(17)13-18(14)7-6-16-8-10-19-11-9-16/h14-15H,2-13H2,1H3. The zero-order valence-corrected chi connectivity index (χ0v) is 13.2. The van der Waals surface area contributed by atoms with Crippen molar-refractivity contribution in [3.8, 4) is 0 Å². The van der Waals surface area contributed by atoms with Crippen LogP contribution in [-0.4, -0.2) is 84.1 Å². The van der Waals surface area contributed by atoms with Gasteiger partial charge in [0.15, 0.2) is 0 Å². The van der Waals surface area contributed by atoms with Gasteiger partial charge in [0.05, 0.1) is 0 Å². The Kier molecular flexibility index (Phi) is 5.07. The average Bonchev–Trinajstić information content (AvgIpc) is 2.92. The molecule has 3 nitrogen and oxygen atoms in total. The van der Waals surface area contributed by atoms with Crippen LogP contribution in [0.25, 0.3) is 0 Å². The van der Waals surface area contributed by atoms with Crippen LogP contribution in [0.2, 0.25) is 0 Å². The van der Waals surface area contributed by atoms with Gasteiger partial charge < -0.3 is 4.90 Å². The Morgan fingerprint density at radius 2 is 1.89 bits per heavy atom. The van der Waals surface area contributed by atoms with Crippen molar-refractivity contribution in [3.05, 3.63) is 0 Å². The van der Waals surface area contributed by atoms with Gasteiger partial charge >= 0.3 is 0 Å². The Labute approximate surface area is 122 Å². The van der Waals surface area contributed by atoms with Crippen molar-refractivity contribution < 1.29 is 0 Å².